The summed E-state index contributed by atoms with van der Waals surface area (Å²) in [6, 6.07) is 0. The Kier molecular flexibility index (Phi) is 3.08. The zero-order chi connectivity index (χ0) is 9.97. The molecule has 0 radical (unpaired) electrons. The standard InChI is InChI=1S/C9H11NO2S2/c11-8(12)3-7-5-14-9(10-7)6-1-2-13-4-6/h5-6H,1-4H2,(H,11,12). The Morgan fingerprint density at radius 2 is 2.57 bits per heavy atom. The molecule has 0 aromatic carbocycles. The molecule has 1 atom stereocenters. The van der Waals surface area contributed by atoms with Crippen LogP contribution < -0.4 is 0 Å². The average molecular weight is 229 g/mol. The van der Waals surface area contributed by atoms with Gasteiger partial charge in [-0.05, 0) is 12.2 Å². The Hall–Kier alpha value is -0.550. The summed E-state index contributed by atoms with van der Waals surface area (Å²) in [6.07, 6.45) is 1.24. The predicted octanol–water partition coefficient (Wildman–Crippen LogP) is 1.99. The van der Waals surface area contributed by atoms with Gasteiger partial charge in [0.15, 0.2) is 0 Å². The summed E-state index contributed by atoms with van der Waals surface area (Å²) in [7, 11) is 0. The molecule has 1 fully saturated rings. The van der Waals surface area contributed by atoms with Crippen molar-refractivity contribution in [3.05, 3.63) is 16.1 Å². The molecule has 0 aliphatic carbocycles. The van der Waals surface area contributed by atoms with Crippen molar-refractivity contribution < 1.29 is 9.90 Å². The molecule has 1 N–H and O–H groups in total. The van der Waals surface area contributed by atoms with E-state index in [9.17, 15) is 4.79 Å². The van der Waals surface area contributed by atoms with Crippen LogP contribution in [-0.2, 0) is 11.2 Å². The predicted molar refractivity (Wildman–Crippen MR) is 58.1 cm³/mol. The molecule has 1 aromatic heterocycles. The number of carboxylic acids is 1. The van der Waals surface area contributed by atoms with E-state index in [-0.39, 0.29) is 6.42 Å². The first-order chi connectivity index (χ1) is 6.75. The van der Waals surface area contributed by atoms with E-state index in [0.29, 0.717) is 11.6 Å². The molecule has 1 aliphatic rings. The fourth-order valence-corrected chi connectivity index (χ4v) is 3.76. The van der Waals surface area contributed by atoms with E-state index < -0.39 is 5.97 Å². The van der Waals surface area contributed by atoms with Crippen molar-refractivity contribution in [3.8, 4) is 0 Å². The molecule has 0 spiro atoms. The van der Waals surface area contributed by atoms with Gasteiger partial charge in [-0.3, -0.25) is 4.79 Å². The van der Waals surface area contributed by atoms with Crippen molar-refractivity contribution in [3.63, 3.8) is 0 Å². The van der Waals surface area contributed by atoms with Crippen LogP contribution in [0.5, 0.6) is 0 Å². The van der Waals surface area contributed by atoms with Crippen LogP contribution in [0.2, 0.25) is 0 Å². The minimum atomic E-state index is -0.803. The molecule has 2 rings (SSSR count). The van der Waals surface area contributed by atoms with Gasteiger partial charge in [0.25, 0.3) is 0 Å². The van der Waals surface area contributed by atoms with Crippen LogP contribution in [0.25, 0.3) is 0 Å². The van der Waals surface area contributed by atoms with Crippen LogP contribution in [-0.4, -0.2) is 27.6 Å². The Morgan fingerprint density at radius 1 is 1.71 bits per heavy atom. The van der Waals surface area contributed by atoms with Gasteiger partial charge in [-0.2, -0.15) is 11.8 Å². The summed E-state index contributed by atoms with van der Waals surface area (Å²) in [5, 5.41) is 11.6. The zero-order valence-corrected chi connectivity index (χ0v) is 9.24. The Bertz CT molecular complexity index is 331. The second kappa shape index (κ2) is 4.31. The largest absolute Gasteiger partial charge is 0.481 e. The lowest BCUT2D eigenvalue weighted by Gasteiger charge is -2.01. The SMILES string of the molecule is O=C(O)Cc1csc(C2CCSC2)n1. The van der Waals surface area contributed by atoms with Gasteiger partial charge in [0.05, 0.1) is 17.1 Å². The molecular formula is C9H11NO2S2. The minimum Gasteiger partial charge on any atom is -0.481 e. The molecular weight excluding hydrogens is 218 g/mol. The van der Waals surface area contributed by atoms with Gasteiger partial charge in [0, 0.05) is 17.1 Å². The van der Waals surface area contributed by atoms with E-state index in [4.69, 9.17) is 5.11 Å². The van der Waals surface area contributed by atoms with Crippen LogP contribution in [0.15, 0.2) is 5.38 Å². The van der Waals surface area contributed by atoms with Gasteiger partial charge < -0.3 is 5.11 Å². The number of nitrogens with zero attached hydrogens (tertiary/aromatic N) is 1. The Balaban J connectivity index is 2.05. The number of carboxylic acid groups (broad SMARTS) is 1. The highest BCUT2D eigenvalue weighted by atomic mass is 32.2. The lowest BCUT2D eigenvalue weighted by Crippen LogP contribution is -2.01. The van der Waals surface area contributed by atoms with Gasteiger partial charge in [-0.15, -0.1) is 11.3 Å². The number of thiazole rings is 1. The highest BCUT2D eigenvalue weighted by Gasteiger charge is 2.20. The summed E-state index contributed by atoms with van der Waals surface area (Å²) >= 11 is 3.55. The maximum Gasteiger partial charge on any atom is 0.309 e. The van der Waals surface area contributed by atoms with Gasteiger partial charge in [-0.1, -0.05) is 0 Å². The highest BCUT2D eigenvalue weighted by molar-refractivity contribution is 7.99. The zero-order valence-electron chi connectivity index (χ0n) is 7.60. The van der Waals surface area contributed by atoms with Crippen LogP contribution >= 0.6 is 23.1 Å². The molecule has 1 saturated heterocycles. The third-order valence-corrected chi connectivity index (χ3v) is 4.40. The fourth-order valence-electron chi connectivity index (χ4n) is 1.48. The van der Waals surface area contributed by atoms with Crippen molar-refractivity contribution >= 4 is 29.1 Å². The third-order valence-electron chi connectivity index (χ3n) is 2.18. The maximum absolute atomic E-state index is 10.5. The van der Waals surface area contributed by atoms with Crippen molar-refractivity contribution in [1.29, 1.82) is 0 Å². The number of hydrogen-bond acceptors (Lipinski definition) is 4. The first kappa shape index (κ1) is 9.98. The van der Waals surface area contributed by atoms with Crippen LogP contribution in [0, 0.1) is 0 Å². The summed E-state index contributed by atoms with van der Waals surface area (Å²) in [5.41, 5.74) is 0.703. The van der Waals surface area contributed by atoms with Gasteiger partial charge >= 0.3 is 5.97 Å². The van der Waals surface area contributed by atoms with Gasteiger partial charge in [-0.25, -0.2) is 4.98 Å². The molecule has 1 aliphatic heterocycles. The van der Waals surface area contributed by atoms with Crippen molar-refractivity contribution in [2.24, 2.45) is 0 Å². The van der Waals surface area contributed by atoms with E-state index >= 15 is 0 Å². The third kappa shape index (κ3) is 2.27. The van der Waals surface area contributed by atoms with Crippen LogP contribution in [0.4, 0.5) is 0 Å². The fraction of sp³-hybridized carbons (Fsp3) is 0.556. The molecule has 1 aromatic rings. The van der Waals surface area contributed by atoms with Crippen molar-refractivity contribution in [2.75, 3.05) is 11.5 Å². The molecule has 76 valence electrons. The van der Waals surface area contributed by atoms with Crippen molar-refractivity contribution in [2.45, 2.75) is 18.8 Å². The molecule has 0 bridgehead atoms. The molecule has 14 heavy (non-hydrogen) atoms. The molecule has 1 unspecified atom stereocenters. The topological polar surface area (TPSA) is 50.2 Å². The van der Waals surface area contributed by atoms with E-state index in [1.165, 1.54) is 12.2 Å². The number of hydrogen-bond donors (Lipinski definition) is 1. The average Bonchev–Trinajstić information content (AvgIpc) is 2.69. The molecule has 0 amide bonds. The second-order valence-electron chi connectivity index (χ2n) is 3.31. The van der Waals surface area contributed by atoms with E-state index in [1.54, 1.807) is 11.3 Å². The number of thioether (sulfide) groups is 1. The molecule has 2 heterocycles. The molecule has 3 nitrogen and oxygen atoms in total. The Labute approximate surface area is 90.6 Å². The first-order valence-electron chi connectivity index (χ1n) is 4.49. The lowest BCUT2D eigenvalue weighted by molar-refractivity contribution is -0.136. The number of rotatable bonds is 3. The number of carbonyl (C=O) groups is 1. The van der Waals surface area contributed by atoms with E-state index in [1.807, 2.05) is 17.1 Å². The van der Waals surface area contributed by atoms with Crippen LogP contribution in [0.3, 0.4) is 0 Å². The van der Waals surface area contributed by atoms with Gasteiger partial charge in [0.1, 0.15) is 0 Å². The lowest BCUT2D eigenvalue weighted by atomic mass is 10.1. The minimum absolute atomic E-state index is 0.0519. The number of aliphatic carboxylic acids is 1. The quantitative estimate of drug-likeness (QED) is 0.861. The monoisotopic (exact) mass is 229 g/mol. The summed E-state index contributed by atoms with van der Waals surface area (Å²) in [4.78, 5) is 14.8. The second-order valence-corrected chi connectivity index (χ2v) is 5.35. The normalized spacial score (nSPS) is 21.3. The summed E-state index contributed by atoms with van der Waals surface area (Å²) in [5.74, 6) is 2.11. The first-order valence-corrected chi connectivity index (χ1v) is 6.53. The van der Waals surface area contributed by atoms with Gasteiger partial charge in [0.2, 0.25) is 0 Å². The maximum atomic E-state index is 10.5. The smallest absolute Gasteiger partial charge is 0.309 e. The Morgan fingerprint density at radius 3 is 3.21 bits per heavy atom. The summed E-state index contributed by atoms with van der Waals surface area (Å²) < 4.78 is 0. The highest BCUT2D eigenvalue weighted by Crippen LogP contribution is 2.33. The molecule has 0 saturated carbocycles. The van der Waals surface area contributed by atoms with Crippen molar-refractivity contribution in [1.82, 2.24) is 4.98 Å². The molecule has 5 heteroatoms. The van der Waals surface area contributed by atoms with E-state index in [2.05, 4.69) is 4.98 Å². The summed E-state index contributed by atoms with van der Waals surface area (Å²) in [6.45, 7) is 0. The number of aromatic nitrogens is 1. The van der Waals surface area contributed by atoms with Crippen LogP contribution in [0.1, 0.15) is 23.0 Å². The van der Waals surface area contributed by atoms with E-state index in [0.717, 1.165) is 10.8 Å².